The van der Waals surface area contributed by atoms with Crippen molar-refractivity contribution in [1.82, 2.24) is 9.80 Å². The number of nitrogens with zero attached hydrogens (tertiary/aromatic N) is 3. The van der Waals surface area contributed by atoms with Gasteiger partial charge in [0.15, 0.2) is 0 Å². The summed E-state index contributed by atoms with van der Waals surface area (Å²) in [7, 11) is 8.45. The largest absolute Gasteiger partial charge is 0.377 e. The van der Waals surface area contributed by atoms with Gasteiger partial charge in [0.05, 0.1) is 0 Å². The minimum absolute atomic E-state index is 0.370. The van der Waals surface area contributed by atoms with Gasteiger partial charge < -0.3 is 15.5 Å². The molecular weight excluding hydrogens is 236 g/mol. The zero-order chi connectivity index (χ0) is 14.0. The Morgan fingerprint density at radius 2 is 2.00 bits per heavy atom. The third-order valence-corrected chi connectivity index (χ3v) is 3.89. The normalized spacial score (nSPS) is 18.9. The second kappa shape index (κ2) is 5.90. The van der Waals surface area contributed by atoms with Gasteiger partial charge in [-0.05, 0) is 31.3 Å². The maximum Gasteiger partial charge on any atom is 0.0478 e. The maximum absolute atomic E-state index is 6.00. The predicted octanol–water partition coefficient (Wildman–Crippen LogP) is 1.13. The predicted molar refractivity (Wildman–Crippen MR) is 81.5 cm³/mol. The van der Waals surface area contributed by atoms with Gasteiger partial charge in [-0.25, -0.2) is 0 Å². The Bertz CT molecular complexity index is 428. The van der Waals surface area contributed by atoms with Gasteiger partial charge in [-0.2, -0.15) is 0 Å². The molecule has 2 rings (SSSR count). The van der Waals surface area contributed by atoms with Gasteiger partial charge in [-0.15, -0.1) is 0 Å². The van der Waals surface area contributed by atoms with Crippen molar-refractivity contribution in [3.05, 3.63) is 29.3 Å². The van der Waals surface area contributed by atoms with Crippen molar-refractivity contribution in [2.45, 2.75) is 12.6 Å². The Morgan fingerprint density at radius 1 is 1.26 bits per heavy atom. The molecule has 1 aliphatic heterocycles. The number of nitrogens with two attached hydrogens (primary N) is 1. The van der Waals surface area contributed by atoms with Crippen molar-refractivity contribution >= 4 is 5.69 Å². The van der Waals surface area contributed by atoms with Crippen molar-refractivity contribution in [2.75, 3.05) is 52.7 Å². The molecule has 19 heavy (non-hydrogen) atoms. The molecule has 1 unspecified atom stereocenters. The average Bonchev–Trinajstić information content (AvgIpc) is 2.73. The monoisotopic (exact) mass is 262 g/mol. The van der Waals surface area contributed by atoms with E-state index in [9.17, 15) is 0 Å². The molecule has 0 radical (unpaired) electrons. The molecule has 106 valence electrons. The van der Waals surface area contributed by atoms with E-state index < -0.39 is 0 Å². The van der Waals surface area contributed by atoms with Gasteiger partial charge in [0.2, 0.25) is 0 Å². The summed E-state index contributed by atoms with van der Waals surface area (Å²) in [5.41, 5.74) is 10.2. The zero-order valence-corrected chi connectivity index (χ0v) is 12.6. The number of hydrogen-bond donors (Lipinski definition) is 1. The molecule has 0 bridgehead atoms. The molecule has 0 aromatic heterocycles. The lowest BCUT2D eigenvalue weighted by Crippen LogP contribution is -2.33. The molecule has 0 saturated heterocycles. The molecule has 0 amide bonds. The van der Waals surface area contributed by atoms with Crippen LogP contribution in [-0.4, -0.2) is 57.6 Å². The Morgan fingerprint density at radius 3 is 2.58 bits per heavy atom. The second-order valence-electron chi connectivity index (χ2n) is 5.76. The highest BCUT2D eigenvalue weighted by Gasteiger charge is 2.30. The first kappa shape index (κ1) is 14.3. The third kappa shape index (κ3) is 2.91. The molecule has 0 saturated carbocycles. The standard InChI is InChI=1S/C15H26N4/c1-17(2)8-9-19-11-13-12(15(19)10-16)6-5-7-14(13)18(3)4/h5-7,15H,8-11,16H2,1-4H3. The first-order valence-electron chi connectivity index (χ1n) is 6.92. The minimum atomic E-state index is 0.370. The van der Waals surface area contributed by atoms with Crippen molar-refractivity contribution in [3.8, 4) is 0 Å². The van der Waals surface area contributed by atoms with Crippen molar-refractivity contribution in [3.63, 3.8) is 0 Å². The first-order chi connectivity index (χ1) is 9.04. The fourth-order valence-electron chi connectivity index (χ4n) is 2.84. The Kier molecular flexibility index (Phi) is 4.45. The SMILES string of the molecule is CN(C)CCN1Cc2c(cccc2N(C)C)C1CN. The lowest BCUT2D eigenvalue weighted by Gasteiger charge is -2.25. The lowest BCUT2D eigenvalue weighted by molar-refractivity contribution is 0.197. The van der Waals surface area contributed by atoms with Gasteiger partial charge in [0.25, 0.3) is 0 Å². The summed E-state index contributed by atoms with van der Waals surface area (Å²) in [6.45, 7) is 3.84. The van der Waals surface area contributed by atoms with Gasteiger partial charge in [0, 0.05) is 52.0 Å². The number of hydrogen-bond acceptors (Lipinski definition) is 4. The number of fused-ring (bicyclic) bond motifs is 1. The van der Waals surface area contributed by atoms with E-state index >= 15 is 0 Å². The summed E-state index contributed by atoms with van der Waals surface area (Å²) in [5.74, 6) is 0. The zero-order valence-electron chi connectivity index (χ0n) is 12.6. The van der Waals surface area contributed by atoms with Crippen molar-refractivity contribution in [1.29, 1.82) is 0 Å². The Hall–Kier alpha value is -1.10. The van der Waals surface area contributed by atoms with Crippen LogP contribution in [0.5, 0.6) is 0 Å². The Balaban J connectivity index is 2.24. The van der Waals surface area contributed by atoms with E-state index in [0.29, 0.717) is 12.6 Å². The highest BCUT2D eigenvalue weighted by Crippen LogP contribution is 2.37. The van der Waals surface area contributed by atoms with Crippen LogP contribution in [0.15, 0.2) is 18.2 Å². The summed E-state index contributed by atoms with van der Waals surface area (Å²) < 4.78 is 0. The number of benzene rings is 1. The molecule has 4 nitrogen and oxygen atoms in total. The summed E-state index contributed by atoms with van der Waals surface area (Å²) in [5, 5.41) is 0. The van der Waals surface area contributed by atoms with E-state index in [0.717, 1.165) is 19.6 Å². The van der Waals surface area contributed by atoms with Crippen molar-refractivity contribution < 1.29 is 0 Å². The quantitative estimate of drug-likeness (QED) is 0.863. The van der Waals surface area contributed by atoms with E-state index in [1.165, 1.54) is 16.8 Å². The fourth-order valence-corrected chi connectivity index (χ4v) is 2.84. The highest BCUT2D eigenvalue weighted by atomic mass is 15.2. The third-order valence-electron chi connectivity index (χ3n) is 3.89. The molecule has 0 spiro atoms. The van der Waals surface area contributed by atoms with Gasteiger partial charge in [-0.3, -0.25) is 4.90 Å². The van der Waals surface area contributed by atoms with Crippen LogP contribution in [-0.2, 0) is 6.54 Å². The van der Waals surface area contributed by atoms with Crippen LogP contribution in [0.1, 0.15) is 17.2 Å². The highest BCUT2D eigenvalue weighted by molar-refractivity contribution is 5.58. The van der Waals surface area contributed by atoms with Crippen LogP contribution in [0.3, 0.4) is 0 Å². The van der Waals surface area contributed by atoms with Gasteiger partial charge in [-0.1, -0.05) is 12.1 Å². The van der Waals surface area contributed by atoms with Crippen LogP contribution >= 0.6 is 0 Å². The van der Waals surface area contributed by atoms with Crippen LogP contribution in [0.25, 0.3) is 0 Å². The number of likely N-dealkylation sites (N-methyl/N-ethyl adjacent to an activating group) is 1. The smallest absolute Gasteiger partial charge is 0.0478 e. The average molecular weight is 262 g/mol. The molecule has 1 aliphatic rings. The topological polar surface area (TPSA) is 35.7 Å². The van der Waals surface area contributed by atoms with E-state index in [2.05, 4.69) is 61.1 Å². The maximum atomic E-state index is 6.00. The molecule has 1 heterocycles. The van der Waals surface area contributed by atoms with Crippen LogP contribution in [0.4, 0.5) is 5.69 Å². The fraction of sp³-hybridized carbons (Fsp3) is 0.600. The molecule has 1 aromatic rings. The lowest BCUT2D eigenvalue weighted by atomic mass is 10.0. The van der Waals surface area contributed by atoms with Crippen LogP contribution < -0.4 is 10.6 Å². The number of anilines is 1. The molecule has 1 aromatic carbocycles. The van der Waals surface area contributed by atoms with E-state index in [-0.39, 0.29) is 0 Å². The van der Waals surface area contributed by atoms with E-state index in [1.807, 2.05) is 0 Å². The molecule has 2 N–H and O–H groups in total. The summed E-state index contributed by atoms with van der Waals surface area (Å²) in [6.07, 6.45) is 0. The van der Waals surface area contributed by atoms with E-state index in [4.69, 9.17) is 5.73 Å². The summed E-state index contributed by atoms with van der Waals surface area (Å²) in [6, 6.07) is 6.94. The summed E-state index contributed by atoms with van der Waals surface area (Å²) in [4.78, 5) is 6.92. The molecular formula is C15H26N4. The Labute approximate surface area is 116 Å². The molecule has 0 aliphatic carbocycles. The van der Waals surface area contributed by atoms with Crippen LogP contribution in [0, 0.1) is 0 Å². The molecule has 4 heteroatoms. The number of rotatable bonds is 5. The van der Waals surface area contributed by atoms with Gasteiger partial charge >= 0.3 is 0 Å². The van der Waals surface area contributed by atoms with E-state index in [1.54, 1.807) is 0 Å². The molecule has 0 fully saturated rings. The van der Waals surface area contributed by atoms with Crippen molar-refractivity contribution in [2.24, 2.45) is 5.73 Å². The van der Waals surface area contributed by atoms with Gasteiger partial charge in [0.1, 0.15) is 0 Å². The minimum Gasteiger partial charge on any atom is -0.377 e. The second-order valence-corrected chi connectivity index (χ2v) is 5.76. The first-order valence-corrected chi connectivity index (χ1v) is 6.92. The molecule has 1 atom stereocenters. The van der Waals surface area contributed by atoms with Crippen LogP contribution in [0.2, 0.25) is 0 Å². The summed E-state index contributed by atoms with van der Waals surface area (Å²) >= 11 is 0.